The SMILES string of the molecule is C=C(OC)c1cn[nH]c1C. The number of H-pyrrole nitrogens is 1. The molecule has 0 saturated carbocycles. The maximum absolute atomic E-state index is 4.92. The highest BCUT2D eigenvalue weighted by Crippen LogP contribution is 2.13. The molecule has 1 rings (SSSR count). The van der Waals surface area contributed by atoms with E-state index in [0.717, 1.165) is 11.3 Å². The summed E-state index contributed by atoms with van der Waals surface area (Å²) in [6.07, 6.45) is 1.70. The predicted octanol–water partition coefficient (Wildman–Crippen LogP) is 1.34. The van der Waals surface area contributed by atoms with Crippen LogP contribution >= 0.6 is 0 Å². The molecule has 3 nitrogen and oxygen atoms in total. The first-order valence-corrected chi connectivity index (χ1v) is 2.99. The zero-order valence-electron chi connectivity index (χ0n) is 6.14. The number of nitrogens with zero attached hydrogens (tertiary/aromatic N) is 1. The minimum absolute atomic E-state index is 0.645. The van der Waals surface area contributed by atoms with Gasteiger partial charge in [0.05, 0.1) is 18.9 Å². The van der Waals surface area contributed by atoms with Crippen LogP contribution in [0.2, 0.25) is 0 Å². The second-order valence-corrected chi connectivity index (χ2v) is 2.04. The van der Waals surface area contributed by atoms with Gasteiger partial charge < -0.3 is 4.74 Å². The molecular weight excluding hydrogens is 128 g/mol. The number of aromatic amines is 1. The Bertz CT molecular complexity index is 240. The summed E-state index contributed by atoms with van der Waals surface area (Å²) in [6.45, 7) is 5.62. The van der Waals surface area contributed by atoms with Crippen LogP contribution in [0.15, 0.2) is 12.8 Å². The number of hydrogen-bond donors (Lipinski definition) is 1. The molecule has 1 aromatic heterocycles. The smallest absolute Gasteiger partial charge is 0.122 e. The highest BCUT2D eigenvalue weighted by Gasteiger charge is 2.02. The molecule has 10 heavy (non-hydrogen) atoms. The second kappa shape index (κ2) is 2.56. The molecule has 0 saturated heterocycles. The van der Waals surface area contributed by atoms with Gasteiger partial charge in [0.25, 0.3) is 0 Å². The second-order valence-electron chi connectivity index (χ2n) is 2.04. The van der Waals surface area contributed by atoms with Crippen LogP contribution in [-0.2, 0) is 4.74 Å². The fourth-order valence-electron chi connectivity index (χ4n) is 0.742. The number of nitrogens with one attached hydrogen (secondary N) is 1. The number of ether oxygens (including phenoxy) is 1. The van der Waals surface area contributed by atoms with Crippen molar-refractivity contribution in [2.45, 2.75) is 6.92 Å². The van der Waals surface area contributed by atoms with Crippen molar-refractivity contribution in [2.75, 3.05) is 7.11 Å². The standard InChI is InChI=1S/C7H10N2O/c1-5-7(4-8-9-5)6(2)10-3/h4H,2H2,1,3H3,(H,8,9). The van der Waals surface area contributed by atoms with Gasteiger partial charge in [0, 0.05) is 5.69 Å². The molecule has 0 radical (unpaired) electrons. The molecule has 0 amide bonds. The Morgan fingerprint density at radius 3 is 2.90 bits per heavy atom. The molecule has 1 heterocycles. The van der Waals surface area contributed by atoms with Crippen molar-refractivity contribution in [3.8, 4) is 0 Å². The predicted molar refractivity (Wildman–Crippen MR) is 39.4 cm³/mol. The fourth-order valence-corrected chi connectivity index (χ4v) is 0.742. The van der Waals surface area contributed by atoms with Gasteiger partial charge in [0.15, 0.2) is 0 Å². The van der Waals surface area contributed by atoms with E-state index in [4.69, 9.17) is 4.74 Å². The Labute approximate surface area is 59.7 Å². The minimum Gasteiger partial charge on any atom is -0.497 e. The maximum Gasteiger partial charge on any atom is 0.122 e. The lowest BCUT2D eigenvalue weighted by Gasteiger charge is -1.99. The average Bonchev–Trinajstić information content (AvgIpc) is 2.34. The van der Waals surface area contributed by atoms with Crippen LogP contribution in [0.1, 0.15) is 11.3 Å². The van der Waals surface area contributed by atoms with Gasteiger partial charge in [-0.15, -0.1) is 0 Å². The molecule has 0 fully saturated rings. The van der Waals surface area contributed by atoms with Crippen molar-refractivity contribution >= 4 is 5.76 Å². The van der Waals surface area contributed by atoms with Crippen molar-refractivity contribution in [3.63, 3.8) is 0 Å². The third kappa shape index (κ3) is 1.03. The quantitative estimate of drug-likeness (QED) is 0.626. The summed E-state index contributed by atoms with van der Waals surface area (Å²) in [4.78, 5) is 0. The van der Waals surface area contributed by atoms with Crippen molar-refractivity contribution < 1.29 is 4.74 Å². The Kier molecular flexibility index (Phi) is 1.76. The highest BCUT2D eigenvalue weighted by molar-refractivity contribution is 5.58. The molecule has 0 aliphatic carbocycles. The van der Waals surface area contributed by atoms with Crippen molar-refractivity contribution in [3.05, 3.63) is 24.0 Å². The number of hydrogen-bond acceptors (Lipinski definition) is 2. The van der Waals surface area contributed by atoms with E-state index in [0.29, 0.717) is 5.76 Å². The third-order valence-corrected chi connectivity index (χ3v) is 1.38. The summed E-state index contributed by atoms with van der Waals surface area (Å²) < 4.78 is 4.92. The lowest BCUT2D eigenvalue weighted by atomic mass is 10.2. The molecule has 0 aliphatic heterocycles. The largest absolute Gasteiger partial charge is 0.497 e. The van der Waals surface area contributed by atoms with E-state index in [9.17, 15) is 0 Å². The summed E-state index contributed by atoms with van der Waals surface area (Å²) in [6, 6.07) is 0. The molecule has 0 spiro atoms. The summed E-state index contributed by atoms with van der Waals surface area (Å²) in [5.74, 6) is 0.645. The minimum atomic E-state index is 0.645. The Balaban J connectivity index is 2.93. The Morgan fingerprint density at radius 2 is 2.50 bits per heavy atom. The molecule has 54 valence electrons. The lowest BCUT2D eigenvalue weighted by molar-refractivity contribution is 0.371. The maximum atomic E-state index is 4.92. The number of aromatic nitrogens is 2. The number of rotatable bonds is 2. The molecule has 0 bridgehead atoms. The van der Waals surface area contributed by atoms with Gasteiger partial charge in [-0.05, 0) is 6.92 Å². The Morgan fingerprint density at radius 1 is 1.80 bits per heavy atom. The van der Waals surface area contributed by atoms with Gasteiger partial charge in [-0.3, -0.25) is 5.10 Å². The van der Waals surface area contributed by atoms with E-state index >= 15 is 0 Å². The monoisotopic (exact) mass is 138 g/mol. The normalized spacial score (nSPS) is 9.40. The first-order valence-electron chi connectivity index (χ1n) is 2.99. The first-order chi connectivity index (χ1) is 4.75. The van der Waals surface area contributed by atoms with Crippen molar-refractivity contribution in [1.82, 2.24) is 10.2 Å². The molecule has 1 N–H and O–H groups in total. The zero-order valence-corrected chi connectivity index (χ0v) is 6.14. The van der Waals surface area contributed by atoms with E-state index in [1.807, 2.05) is 6.92 Å². The zero-order chi connectivity index (χ0) is 7.56. The van der Waals surface area contributed by atoms with Crippen LogP contribution in [0.4, 0.5) is 0 Å². The molecule has 0 aromatic carbocycles. The Hall–Kier alpha value is -1.25. The molecule has 0 aliphatic rings. The van der Waals surface area contributed by atoms with Crippen LogP contribution in [0, 0.1) is 6.92 Å². The van der Waals surface area contributed by atoms with Gasteiger partial charge in [-0.2, -0.15) is 5.10 Å². The van der Waals surface area contributed by atoms with E-state index < -0.39 is 0 Å². The van der Waals surface area contributed by atoms with Crippen LogP contribution in [0.3, 0.4) is 0 Å². The van der Waals surface area contributed by atoms with E-state index in [-0.39, 0.29) is 0 Å². The average molecular weight is 138 g/mol. The van der Waals surface area contributed by atoms with Crippen molar-refractivity contribution in [2.24, 2.45) is 0 Å². The summed E-state index contributed by atoms with van der Waals surface area (Å²) in [5, 5.41) is 6.62. The van der Waals surface area contributed by atoms with Crippen LogP contribution in [0.5, 0.6) is 0 Å². The number of aryl methyl sites for hydroxylation is 1. The third-order valence-electron chi connectivity index (χ3n) is 1.38. The number of methoxy groups -OCH3 is 1. The van der Waals surface area contributed by atoms with Crippen LogP contribution in [0.25, 0.3) is 5.76 Å². The van der Waals surface area contributed by atoms with E-state index in [2.05, 4.69) is 16.8 Å². The lowest BCUT2D eigenvalue weighted by Crippen LogP contribution is -1.84. The van der Waals surface area contributed by atoms with Gasteiger partial charge in [0.1, 0.15) is 5.76 Å². The molecule has 0 atom stereocenters. The molecule has 1 aromatic rings. The van der Waals surface area contributed by atoms with Gasteiger partial charge >= 0.3 is 0 Å². The van der Waals surface area contributed by atoms with Crippen LogP contribution in [-0.4, -0.2) is 17.3 Å². The van der Waals surface area contributed by atoms with E-state index in [1.165, 1.54) is 0 Å². The summed E-state index contributed by atoms with van der Waals surface area (Å²) >= 11 is 0. The first kappa shape index (κ1) is 6.86. The van der Waals surface area contributed by atoms with Gasteiger partial charge in [0.2, 0.25) is 0 Å². The van der Waals surface area contributed by atoms with Crippen molar-refractivity contribution in [1.29, 1.82) is 0 Å². The molecule has 3 heteroatoms. The summed E-state index contributed by atoms with van der Waals surface area (Å²) in [7, 11) is 1.59. The molecular formula is C7H10N2O. The molecule has 0 unspecified atom stereocenters. The fraction of sp³-hybridized carbons (Fsp3) is 0.286. The van der Waals surface area contributed by atoms with Crippen LogP contribution < -0.4 is 0 Å². The summed E-state index contributed by atoms with van der Waals surface area (Å²) in [5.41, 5.74) is 1.91. The topological polar surface area (TPSA) is 37.9 Å². The highest BCUT2D eigenvalue weighted by atomic mass is 16.5. The van der Waals surface area contributed by atoms with Gasteiger partial charge in [-0.1, -0.05) is 6.58 Å². The van der Waals surface area contributed by atoms with Gasteiger partial charge in [-0.25, -0.2) is 0 Å². The van der Waals surface area contributed by atoms with E-state index in [1.54, 1.807) is 13.3 Å².